The summed E-state index contributed by atoms with van der Waals surface area (Å²) in [5, 5.41) is 12.5. The van der Waals surface area contributed by atoms with Gasteiger partial charge in [-0.1, -0.05) is 72.8 Å². The second-order valence-electron chi connectivity index (χ2n) is 9.26. The number of phenolic OH excluding ortho intramolecular Hbond substituents is 1. The van der Waals surface area contributed by atoms with Gasteiger partial charge in [0.15, 0.2) is 0 Å². The fourth-order valence-electron chi connectivity index (χ4n) is 5.01. The maximum atomic E-state index is 10.3. The molecule has 0 saturated carbocycles. The number of hydrogen-bond acceptors (Lipinski definition) is 4. The first kappa shape index (κ1) is 22.8. The van der Waals surface area contributed by atoms with E-state index in [4.69, 9.17) is 9.72 Å². The molecule has 0 aliphatic rings. The van der Waals surface area contributed by atoms with Crippen LogP contribution in [0.3, 0.4) is 0 Å². The molecular weight excluding hydrogens is 482 g/mol. The van der Waals surface area contributed by atoms with Crippen LogP contribution in [0, 0.1) is 0 Å². The lowest BCUT2D eigenvalue weighted by Crippen LogP contribution is -1.98. The summed E-state index contributed by atoms with van der Waals surface area (Å²) in [6.07, 6.45) is 0. The summed E-state index contributed by atoms with van der Waals surface area (Å²) in [6.45, 7) is 0. The maximum Gasteiger partial charge on any atom is 0.219 e. The molecule has 39 heavy (non-hydrogen) atoms. The van der Waals surface area contributed by atoms with Gasteiger partial charge in [-0.15, -0.1) is 0 Å². The average molecular weight is 506 g/mol. The smallest absolute Gasteiger partial charge is 0.219 e. The molecule has 5 heteroatoms. The average Bonchev–Trinajstić information content (AvgIpc) is 3.32. The SMILES string of the molecule is Oc1ccccc1-c1cccc(Oc2ccc3c4ccccc4n(-c4cccc(-c5ccccc5)n4)c3c2)n1. The van der Waals surface area contributed by atoms with Crippen LogP contribution in [-0.4, -0.2) is 19.6 Å². The minimum Gasteiger partial charge on any atom is -0.507 e. The van der Waals surface area contributed by atoms with Crippen LogP contribution in [0.5, 0.6) is 17.4 Å². The maximum absolute atomic E-state index is 10.3. The molecule has 4 aromatic carbocycles. The van der Waals surface area contributed by atoms with Gasteiger partial charge in [-0.25, -0.2) is 9.97 Å². The summed E-state index contributed by atoms with van der Waals surface area (Å²) in [5.74, 6) is 2.12. The molecule has 186 valence electrons. The van der Waals surface area contributed by atoms with Gasteiger partial charge in [0.05, 0.1) is 22.4 Å². The van der Waals surface area contributed by atoms with Crippen molar-refractivity contribution in [3.8, 4) is 45.7 Å². The first-order valence-electron chi connectivity index (χ1n) is 12.7. The van der Waals surface area contributed by atoms with Crippen LogP contribution in [0.4, 0.5) is 0 Å². The van der Waals surface area contributed by atoms with Gasteiger partial charge in [0.25, 0.3) is 0 Å². The van der Waals surface area contributed by atoms with Gasteiger partial charge in [0, 0.05) is 34.0 Å². The van der Waals surface area contributed by atoms with Gasteiger partial charge >= 0.3 is 0 Å². The first-order valence-corrected chi connectivity index (χ1v) is 12.7. The molecule has 3 aromatic heterocycles. The Hall–Kier alpha value is -5.42. The van der Waals surface area contributed by atoms with E-state index in [2.05, 4.69) is 45.9 Å². The van der Waals surface area contributed by atoms with Gasteiger partial charge in [-0.2, -0.15) is 0 Å². The Bertz CT molecular complexity index is 1960. The predicted octanol–water partition coefficient (Wildman–Crippen LogP) is 8.41. The fourth-order valence-corrected chi connectivity index (χ4v) is 5.01. The largest absolute Gasteiger partial charge is 0.507 e. The highest BCUT2D eigenvalue weighted by Crippen LogP contribution is 2.36. The van der Waals surface area contributed by atoms with Crippen LogP contribution in [0.25, 0.3) is 50.1 Å². The number of fused-ring (bicyclic) bond motifs is 3. The summed E-state index contributed by atoms with van der Waals surface area (Å²) < 4.78 is 8.42. The van der Waals surface area contributed by atoms with Crippen molar-refractivity contribution < 1.29 is 9.84 Å². The summed E-state index contributed by atoms with van der Waals surface area (Å²) in [4.78, 5) is 9.69. The van der Waals surface area contributed by atoms with E-state index in [1.807, 2.05) is 84.9 Å². The molecule has 7 rings (SSSR count). The molecule has 0 saturated heterocycles. The minimum atomic E-state index is 0.179. The molecule has 7 aromatic rings. The van der Waals surface area contributed by atoms with Crippen molar-refractivity contribution >= 4 is 21.8 Å². The highest BCUT2D eigenvalue weighted by molar-refractivity contribution is 6.09. The first-order chi connectivity index (χ1) is 19.2. The van der Waals surface area contributed by atoms with E-state index in [1.165, 1.54) is 0 Å². The van der Waals surface area contributed by atoms with Crippen LogP contribution in [-0.2, 0) is 0 Å². The number of ether oxygens (including phenoxy) is 1. The van der Waals surface area contributed by atoms with Gasteiger partial charge in [0.2, 0.25) is 5.88 Å². The molecule has 5 nitrogen and oxygen atoms in total. The van der Waals surface area contributed by atoms with Crippen molar-refractivity contribution in [3.05, 3.63) is 133 Å². The Morgan fingerprint density at radius 3 is 2.21 bits per heavy atom. The van der Waals surface area contributed by atoms with E-state index < -0.39 is 0 Å². The topological polar surface area (TPSA) is 60.2 Å². The molecule has 1 N–H and O–H groups in total. The number of benzene rings is 4. The monoisotopic (exact) mass is 505 g/mol. The lowest BCUT2D eigenvalue weighted by Gasteiger charge is -2.11. The van der Waals surface area contributed by atoms with Gasteiger partial charge in [0.1, 0.15) is 17.3 Å². The van der Waals surface area contributed by atoms with Gasteiger partial charge in [-0.05, 0) is 48.5 Å². The Balaban J connectivity index is 1.34. The number of pyridine rings is 2. The van der Waals surface area contributed by atoms with Crippen molar-refractivity contribution in [2.75, 3.05) is 0 Å². The van der Waals surface area contributed by atoms with E-state index in [1.54, 1.807) is 12.1 Å². The third kappa shape index (κ3) is 4.16. The molecule has 0 unspecified atom stereocenters. The molecule has 0 amide bonds. The lowest BCUT2D eigenvalue weighted by atomic mass is 10.1. The van der Waals surface area contributed by atoms with Crippen molar-refractivity contribution in [1.82, 2.24) is 14.5 Å². The summed E-state index contributed by atoms with van der Waals surface area (Å²) >= 11 is 0. The van der Waals surface area contributed by atoms with E-state index in [9.17, 15) is 5.11 Å². The Morgan fingerprint density at radius 1 is 0.564 bits per heavy atom. The number of aromatic nitrogens is 3. The normalized spacial score (nSPS) is 11.2. The molecular formula is C34H23N3O2. The van der Waals surface area contributed by atoms with Crippen LogP contribution >= 0.6 is 0 Å². The van der Waals surface area contributed by atoms with Crippen molar-refractivity contribution in [2.45, 2.75) is 0 Å². The summed E-state index contributed by atoms with van der Waals surface area (Å²) in [5.41, 5.74) is 5.34. The van der Waals surface area contributed by atoms with Gasteiger partial charge in [-0.3, -0.25) is 4.57 Å². The predicted molar refractivity (Wildman–Crippen MR) is 155 cm³/mol. The molecule has 0 bridgehead atoms. The molecule has 0 aliphatic heterocycles. The molecule has 0 fully saturated rings. The Labute approximate surface area is 225 Å². The second-order valence-corrected chi connectivity index (χ2v) is 9.26. The quantitative estimate of drug-likeness (QED) is 0.255. The fraction of sp³-hybridized carbons (Fsp3) is 0. The number of rotatable bonds is 5. The van der Waals surface area contributed by atoms with Crippen molar-refractivity contribution in [3.63, 3.8) is 0 Å². The minimum absolute atomic E-state index is 0.179. The Morgan fingerprint density at radius 2 is 1.31 bits per heavy atom. The number of para-hydroxylation sites is 2. The number of phenols is 1. The van der Waals surface area contributed by atoms with Crippen LogP contribution in [0.15, 0.2) is 133 Å². The van der Waals surface area contributed by atoms with E-state index in [-0.39, 0.29) is 5.75 Å². The molecule has 0 radical (unpaired) electrons. The molecule has 0 aliphatic carbocycles. The third-order valence-corrected chi connectivity index (χ3v) is 6.80. The zero-order chi connectivity index (χ0) is 26.2. The van der Waals surface area contributed by atoms with Crippen LogP contribution in [0.1, 0.15) is 0 Å². The number of hydrogen-bond donors (Lipinski definition) is 1. The third-order valence-electron chi connectivity index (χ3n) is 6.80. The highest BCUT2D eigenvalue weighted by atomic mass is 16.5. The zero-order valence-electron chi connectivity index (χ0n) is 20.9. The highest BCUT2D eigenvalue weighted by Gasteiger charge is 2.15. The summed E-state index contributed by atoms with van der Waals surface area (Å²) in [7, 11) is 0. The number of aromatic hydroxyl groups is 1. The van der Waals surface area contributed by atoms with E-state index in [0.29, 0.717) is 22.9 Å². The molecule has 3 heterocycles. The zero-order valence-corrected chi connectivity index (χ0v) is 20.9. The van der Waals surface area contributed by atoms with Crippen LogP contribution in [0.2, 0.25) is 0 Å². The Kier molecular flexibility index (Phi) is 5.52. The number of nitrogens with zero attached hydrogens (tertiary/aromatic N) is 3. The van der Waals surface area contributed by atoms with Gasteiger partial charge < -0.3 is 9.84 Å². The molecule has 0 spiro atoms. The van der Waals surface area contributed by atoms with E-state index >= 15 is 0 Å². The second kappa shape index (κ2) is 9.47. The molecule has 0 atom stereocenters. The van der Waals surface area contributed by atoms with E-state index in [0.717, 1.165) is 38.9 Å². The summed E-state index contributed by atoms with van der Waals surface area (Å²) in [6, 6.07) is 43.4. The van der Waals surface area contributed by atoms with Crippen LogP contribution < -0.4 is 4.74 Å². The van der Waals surface area contributed by atoms with Crippen molar-refractivity contribution in [2.24, 2.45) is 0 Å². The lowest BCUT2D eigenvalue weighted by molar-refractivity contribution is 0.463. The van der Waals surface area contributed by atoms with Crippen molar-refractivity contribution in [1.29, 1.82) is 0 Å². The standard InChI is InChI=1S/C34H23N3O2/c38-32-17-7-5-13-27(32)29-15-9-19-34(36-29)39-24-20-21-26-25-12-4-6-16-30(25)37(31(26)22-24)33-18-8-14-28(35-33)23-10-2-1-3-11-23/h1-22,38H.